The maximum absolute atomic E-state index is 11.9. The van der Waals surface area contributed by atoms with Crippen molar-refractivity contribution in [2.45, 2.75) is 18.9 Å². The number of halogens is 1. The molecule has 2 heterocycles. The highest BCUT2D eigenvalue weighted by Crippen LogP contribution is 2.19. The van der Waals surface area contributed by atoms with Crippen LogP contribution < -0.4 is 10.6 Å². The van der Waals surface area contributed by atoms with Crippen LogP contribution in [-0.4, -0.2) is 41.3 Å². The summed E-state index contributed by atoms with van der Waals surface area (Å²) in [5.74, 6) is -0.0546. The van der Waals surface area contributed by atoms with Crippen molar-refractivity contribution in [3.8, 4) is 11.3 Å². The van der Waals surface area contributed by atoms with Gasteiger partial charge in [0, 0.05) is 29.8 Å². The van der Waals surface area contributed by atoms with Crippen LogP contribution in [0.3, 0.4) is 0 Å². The standard InChI is InChI=1S/C15H18N4O2S.ClH/c20-15(9-16-8-13-2-1-7-21-13)17-12-5-3-11(4-6-12)14-10-22-19-18-14;/h3-6,10,13,16H,1-2,7-9H2,(H,17,20);1H. The first kappa shape index (κ1) is 17.8. The minimum absolute atomic E-state index is 0. The first-order chi connectivity index (χ1) is 10.8. The van der Waals surface area contributed by atoms with Crippen LogP contribution in [0.1, 0.15) is 12.8 Å². The Morgan fingerprint density at radius 1 is 1.35 bits per heavy atom. The summed E-state index contributed by atoms with van der Waals surface area (Å²) in [6.45, 7) is 1.85. The third kappa shape index (κ3) is 5.24. The van der Waals surface area contributed by atoms with E-state index in [2.05, 4.69) is 20.2 Å². The molecule has 1 aromatic carbocycles. The van der Waals surface area contributed by atoms with Crippen molar-refractivity contribution >= 4 is 35.5 Å². The molecule has 1 amide bonds. The Kier molecular flexibility index (Phi) is 6.91. The largest absolute Gasteiger partial charge is 0.377 e. The summed E-state index contributed by atoms with van der Waals surface area (Å²) in [6, 6.07) is 7.58. The van der Waals surface area contributed by atoms with E-state index in [1.165, 1.54) is 11.5 Å². The molecular weight excluding hydrogens is 336 g/mol. The maximum Gasteiger partial charge on any atom is 0.238 e. The SMILES string of the molecule is Cl.O=C(CNCC1CCCO1)Nc1ccc(-c2csnn2)cc1. The van der Waals surface area contributed by atoms with Gasteiger partial charge in [0.2, 0.25) is 5.91 Å². The lowest BCUT2D eigenvalue weighted by Crippen LogP contribution is -2.33. The van der Waals surface area contributed by atoms with Crippen LogP contribution in [0.4, 0.5) is 5.69 Å². The third-order valence-electron chi connectivity index (χ3n) is 3.51. The first-order valence-electron chi connectivity index (χ1n) is 7.31. The first-order valence-corrected chi connectivity index (χ1v) is 8.14. The van der Waals surface area contributed by atoms with Gasteiger partial charge >= 0.3 is 0 Å². The number of nitrogens with zero attached hydrogens (tertiary/aromatic N) is 2. The molecule has 1 fully saturated rings. The van der Waals surface area contributed by atoms with E-state index in [9.17, 15) is 4.79 Å². The third-order valence-corrected chi connectivity index (χ3v) is 4.01. The molecule has 8 heteroatoms. The number of nitrogens with one attached hydrogen (secondary N) is 2. The Morgan fingerprint density at radius 3 is 2.83 bits per heavy atom. The van der Waals surface area contributed by atoms with Crippen LogP contribution in [0, 0.1) is 0 Å². The Labute approximate surface area is 145 Å². The number of anilines is 1. The summed E-state index contributed by atoms with van der Waals surface area (Å²) in [5, 5.41) is 11.9. The molecule has 1 saturated heterocycles. The van der Waals surface area contributed by atoms with Gasteiger partial charge in [0.25, 0.3) is 0 Å². The molecule has 6 nitrogen and oxygen atoms in total. The number of aromatic nitrogens is 2. The molecule has 0 saturated carbocycles. The predicted octanol–water partition coefficient (Wildman–Crippen LogP) is 2.33. The number of hydrogen-bond acceptors (Lipinski definition) is 6. The molecule has 0 radical (unpaired) electrons. The zero-order chi connectivity index (χ0) is 15.2. The minimum atomic E-state index is -0.0546. The summed E-state index contributed by atoms with van der Waals surface area (Å²) in [7, 11) is 0. The van der Waals surface area contributed by atoms with Crippen LogP contribution in [0.2, 0.25) is 0 Å². The van der Waals surface area contributed by atoms with Gasteiger partial charge < -0.3 is 15.4 Å². The molecule has 124 valence electrons. The topological polar surface area (TPSA) is 76.1 Å². The molecule has 23 heavy (non-hydrogen) atoms. The number of carbonyl (C=O) groups is 1. The summed E-state index contributed by atoms with van der Waals surface area (Å²) in [5.41, 5.74) is 2.61. The molecule has 1 aliphatic heterocycles. The van der Waals surface area contributed by atoms with Gasteiger partial charge in [-0.3, -0.25) is 4.79 Å². The number of rotatable bonds is 6. The lowest BCUT2D eigenvalue weighted by atomic mass is 10.1. The molecule has 2 N–H and O–H groups in total. The highest BCUT2D eigenvalue weighted by molar-refractivity contribution is 7.03. The van der Waals surface area contributed by atoms with E-state index in [0.29, 0.717) is 0 Å². The fourth-order valence-electron chi connectivity index (χ4n) is 2.37. The van der Waals surface area contributed by atoms with Crippen LogP contribution in [0.5, 0.6) is 0 Å². The fourth-order valence-corrected chi connectivity index (χ4v) is 2.84. The molecule has 1 aliphatic rings. The smallest absolute Gasteiger partial charge is 0.238 e. The molecule has 0 spiro atoms. The Balaban J connectivity index is 0.00000192. The van der Waals surface area contributed by atoms with Crippen LogP contribution in [-0.2, 0) is 9.53 Å². The zero-order valence-corrected chi connectivity index (χ0v) is 14.2. The van der Waals surface area contributed by atoms with E-state index < -0.39 is 0 Å². The maximum atomic E-state index is 11.9. The van der Waals surface area contributed by atoms with Gasteiger partial charge in [-0.05, 0) is 36.5 Å². The quantitative estimate of drug-likeness (QED) is 0.832. The molecule has 1 atom stereocenters. The van der Waals surface area contributed by atoms with Crippen molar-refractivity contribution in [3.63, 3.8) is 0 Å². The van der Waals surface area contributed by atoms with E-state index in [-0.39, 0.29) is 31.0 Å². The lowest BCUT2D eigenvalue weighted by Gasteiger charge is -2.11. The van der Waals surface area contributed by atoms with Gasteiger partial charge in [-0.25, -0.2) is 0 Å². The highest BCUT2D eigenvalue weighted by atomic mass is 35.5. The minimum Gasteiger partial charge on any atom is -0.377 e. The van der Waals surface area contributed by atoms with Crippen LogP contribution >= 0.6 is 23.9 Å². The number of ether oxygens (including phenoxy) is 1. The van der Waals surface area contributed by atoms with Crippen molar-refractivity contribution in [2.24, 2.45) is 0 Å². The average molecular weight is 355 g/mol. The molecular formula is C15H19ClN4O2S. The van der Waals surface area contributed by atoms with E-state index >= 15 is 0 Å². The second kappa shape index (κ2) is 8.93. The van der Waals surface area contributed by atoms with Gasteiger partial charge in [-0.1, -0.05) is 16.6 Å². The number of benzene rings is 1. The van der Waals surface area contributed by atoms with Crippen LogP contribution in [0.25, 0.3) is 11.3 Å². The Morgan fingerprint density at radius 2 is 2.17 bits per heavy atom. The van der Waals surface area contributed by atoms with E-state index in [4.69, 9.17) is 4.74 Å². The molecule has 2 aromatic rings. The number of carbonyl (C=O) groups excluding carboxylic acids is 1. The summed E-state index contributed by atoms with van der Waals surface area (Å²) < 4.78 is 9.34. The van der Waals surface area contributed by atoms with Gasteiger partial charge in [-0.2, -0.15) is 0 Å². The number of amides is 1. The lowest BCUT2D eigenvalue weighted by molar-refractivity contribution is -0.115. The Bertz CT molecular complexity index is 600. The fraction of sp³-hybridized carbons (Fsp3) is 0.400. The summed E-state index contributed by atoms with van der Waals surface area (Å²) in [4.78, 5) is 11.9. The normalized spacial score (nSPS) is 16.8. The van der Waals surface area contributed by atoms with Gasteiger partial charge in [0.05, 0.1) is 12.6 Å². The molecule has 1 unspecified atom stereocenters. The second-order valence-corrected chi connectivity index (χ2v) is 5.79. The van der Waals surface area contributed by atoms with Gasteiger partial charge in [0.1, 0.15) is 5.69 Å². The Hall–Kier alpha value is -1.54. The molecule has 0 aliphatic carbocycles. The van der Waals surface area contributed by atoms with Crippen molar-refractivity contribution in [1.82, 2.24) is 14.9 Å². The second-order valence-electron chi connectivity index (χ2n) is 5.18. The zero-order valence-electron chi connectivity index (χ0n) is 12.5. The van der Waals surface area contributed by atoms with E-state index in [0.717, 1.165) is 42.9 Å². The molecule has 0 bridgehead atoms. The van der Waals surface area contributed by atoms with Gasteiger partial charge in [0.15, 0.2) is 0 Å². The van der Waals surface area contributed by atoms with Crippen molar-refractivity contribution < 1.29 is 9.53 Å². The highest BCUT2D eigenvalue weighted by Gasteiger charge is 2.15. The predicted molar refractivity (Wildman–Crippen MR) is 93.1 cm³/mol. The number of hydrogen-bond donors (Lipinski definition) is 2. The molecule has 1 aromatic heterocycles. The molecule has 3 rings (SSSR count). The van der Waals surface area contributed by atoms with Crippen LogP contribution in [0.15, 0.2) is 29.6 Å². The average Bonchev–Trinajstić information content (AvgIpc) is 3.21. The summed E-state index contributed by atoms with van der Waals surface area (Å²) >= 11 is 1.32. The van der Waals surface area contributed by atoms with Crippen molar-refractivity contribution in [1.29, 1.82) is 0 Å². The van der Waals surface area contributed by atoms with Crippen molar-refractivity contribution in [2.75, 3.05) is 25.0 Å². The van der Waals surface area contributed by atoms with E-state index in [1.807, 2.05) is 29.6 Å². The monoisotopic (exact) mass is 354 g/mol. The summed E-state index contributed by atoms with van der Waals surface area (Å²) in [6.07, 6.45) is 2.43. The van der Waals surface area contributed by atoms with Crippen molar-refractivity contribution in [3.05, 3.63) is 29.6 Å². The van der Waals surface area contributed by atoms with Gasteiger partial charge in [-0.15, -0.1) is 17.5 Å². The van der Waals surface area contributed by atoms with E-state index in [1.54, 1.807) is 0 Å².